The van der Waals surface area contributed by atoms with E-state index in [1.54, 1.807) is 41.1 Å². The van der Waals surface area contributed by atoms with E-state index in [1.807, 2.05) is 0 Å². The Morgan fingerprint density at radius 1 is 1.14 bits per heavy atom. The number of benzene rings is 1. The predicted octanol–water partition coefficient (Wildman–Crippen LogP) is 4.23. The Morgan fingerprint density at radius 2 is 1.96 bits per heavy atom. The lowest BCUT2D eigenvalue weighted by Gasteiger charge is -2.04. The number of pyridine rings is 1. The van der Waals surface area contributed by atoms with Gasteiger partial charge in [0.15, 0.2) is 5.76 Å². The fourth-order valence-corrected chi connectivity index (χ4v) is 2.79. The molecular formula is C20H15ClFN3O3. The summed E-state index contributed by atoms with van der Waals surface area (Å²) in [5, 5.41) is 3.36. The van der Waals surface area contributed by atoms with E-state index in [0.29, 0.717) is 22.2 Å². The van der Waals surface area contributed by atoms with Crippen LogP contribution in [0.25, 0.3) is 5.65 Å². The van der Waals surface area contributed by atoms with Crippen LogP contribution < -0.4 is 10.1 Å². The number of furan rings is 1. The number of carbonyl (C=O) groups is 1. The maximum atomic E-state index is 12.9. The molecule has 142 valence electrons. The summed E-state index contributed by atoms with van der Waals surface area (Å²) in [5.41, 5.74) is 1.44. The molecule has 6 nitrogen and oxygen atoms in total. The molecule has 0 fully saturated rings. The number of hydrogen-bond donors (Lipinski definition) is 1. The highest BCUT2D eigenvalue weighted by atomic mass is 35.5. The van der Waals surface area contributed by atoms with Crippen LogP contribution >= 0.6 is 11.6 Å². The first-order valence-corrected chi connectivity index (χ1v) is 8.83. The molecule has 1 aromatic carbocycles. The van der Waals surface area contributed by atoms with Crippen LogP contribution in [0.4, 0.5) is 4.39 Å². The van der Waals surface area contributed by atoms with Crippen LogP contribution in [0.3, 0.4) is 0 Å². The van der Waals surface area contributed by atoms with Gasteiger partial charge in [0.05, 0.1) is 17.3 Å². The molecule has 1 N–H and O–H groups in total. The van der Waals surface area contributed by atoms with Crippen molar-refractivity contribution >= 4 is 23.2 Å². The first kappa shape index (κ1) is 18.1. The molecule has 0 saturated heterocycles. The van der Waals surface area contributed by atoms with E-state index in [1.165, 1.54) is 24.3 Å². The number of nitrogens with one attached hydrogen (secondary N) is 1. The summed E-state index contributed by atoms with van der Waals surface area (Å²) in [7, 11) is 0. The van der Waals surface area contributed by atoms with Crippen LogP contribution in [-0.2, 0) is 13.2 Å². The fourth-order valence-electron chi connectivity index (χ4n) is 2.62. The van der Waals surface area contributed by atoms with E-state index in [0.717, 1.165) is 5.65 Å². The van der Waals surface area contributed by atoms with Crippen LogP contribution in [0.1, 0.15) is 22.0 Å². The van der Waals surface area contributed by atoms with Crippen LogP contribution in [-0.4, -0.2) is 15.3 Å². The van der Waals surface area contributed by atoms with E-state index < -0.39 is 0 Å². The van der Waals surface area contributed by atoms with Gasteiger partial charge in [-0.25, -0.2) is 9.37 Å². The molecule has 28 heavy (non-hydrogen) atoms. The smallest absolute Gasteiger partial charge is 0.287 e. The summed E-state index contributed by atoms with van der Waals surface area (Å²) in [6.45, 7) is 0.381. The molecule has 3 heterocycles. The molecule has 4 rings (SSSR count). The van der Waals surface area contributed by atoms with Gasteiger partial charge < -0.3 is 18.9 Å². The van der Waals surface area contributed by atoms with Gasteiger partial charge in [-0.05, 0) is 48.5 Å². The first-order valence-electron chi connectivity index (χ1n) is 8.45. The highest BCUT2D eigenvalue weighted by Gasteiger charge is 2.12. The predicted molar refractivity (Wildman–Crippen MR) is 101 cm³/mol. The van der Waals surface area contributed by atoms with E-state index in [2.05, 4.69) is 10.3 Å². The van der Waals surface area contributed by atoms with Gasteiger partial charge in [0, 0.05) is 12.4 Å². The highest BCUT2D eigenvalue weighted by Crippen LogP contribution is 2.16. The molecule has 4 aromatic rings. The summed E-state index contributed by atoms with van der Waals surface area (Å²) in [4.78, 5) is 16.7. The molecule has 0 saturated carbocycles. The molecule has 0 atom stereocenters. The Morgan fingerprint density at radius 3 is 2.79 bits per heavy atom. The van der Waals surface area contributed by atoms with Gasteiger partial charge in [-0.15, -0.1) is 0 Å². The standard InChI is InChI=1S/C20H15ClFN3O3/c21-13-1-8-19-24-15(11-25(19)10-13)9-23-20(26)18-7-6-17(28-18)12-27-16-4-2-14(22)3-5-16/h1-8,10-11H,9,12H2,(H,23,26). The van der Waals surface area contributed by atoms with Crippen LogP contribution in [0.15, 0.2) is 65.3 Å². The fraction of sp³-hybridized carbons (Fsp3) is 0.100. The van der Waals surface area contributed by atoms with Crippen molar-refractivity contribution in [1.29, 1.82) is 0 Å². The number of aromatic nitrogens is 2. The second-order valence-electron chi connectivity index (χ2n) is 6.04. The van der Waals surface area contributed by atoms with Crippen molar-refractivity contribution in [3.63, 3.8) is 0 Å². The van der Waals surface area contributed by atoms with Crippen molar-refractivity contribution in [2.24, 2.45) is 0 Å². The zero-order chi connectivity index (χ0) is 19.5. The Balaban J connectivity index is 1.33. The Bertz CT molecular complexity index is 1120. The number of carbonyl (C=O) groups excluding carboxylic acids is 1. The third kappa shape index (κ3) is 4.15. The second-order valence-corrected chi connectivity index (χ2v) is 6.47. The first-order chi connectivity index (χ1) is 13.6. The van der Waals surface area contributed by atoms with Crippen molar-refractivity contribution < 1.29 is 18.3 Å². The monoisotopic (exact) mass is 399 g/mol. The number of ether oxygens (including phenoxy) is 1. The zero-order valence-electron chi connectivity index (χ0n) is 14.6. The molecular weight excluding hydrogens is 385 g/mol. The van der Waals surface area contributed by atoms with E-state index >= 15 is 0 Å². The number of fused-ring (bicyclic) bond motifs is 1. The topological polar surface area (TPSA) is 68.8 Å². The molecule has 0 aliphatic heterocycles. The van der Waals surface area contributed by atoms with Crippen molar-refractivity contribution in [2.45, 2.75) is 13.2 Å². The van der Waals surface area contributed by atoms with Crippen molar-refractivity contribution in [3.05, 3.63) is 89.0 Å². The SMILES string of the molecule is O=C(NCc1cn2cc(Cl)ccc2n1)c1ccc(COc2ccc(F)cc2)o1. The summed E-state index contributed by atoms with van der Waals surface area (Å²) in [6.07, 6.45) is 3.54. The quantitative estimate of drug-likeness (QED) is 0.527. The minimum atomic E-state index is -0.358. The van der Waals surface area contributed by atoms with Crippen LogP contribution in [0.5, 0.6) is 5.75 Å². The van der Waals surface area contributed by atoms with Gasteiger partial charge in [0.25, 0.3) is 5.91 Å². The highest BCUT2D eigenvalue weighted by molar-refractivity contribution is 6.30. The molecule has 0 aliphatic carbocycles. The van der Waals surface area contributed by atoms with Gasteiger partial charge >= 0.3 is 0 Å². The summed E-state index contributed by atoms with van der Waals surface area (Å²) in [5.74, 6) is 0.471. The molecule has 3 aromatic heterocycles. The van der Waals surface area contributed by atoms with Crippen molar-refractivity contribution in [1.82, 2.24) is 14.7 Å². The van der Waals surface area contributed by atoms with E-state index in [-0.39, 0.29) is 30.6 Å². The van der Waals surface area contributed by atoms with Crippen LogP contribution in [0.2, 0.25) is 5.02 Å². The average Bonchev–Trinajstić information content (AvgIpc) is 3.32. The van der Waals surface area contributed by atoms with Crippen molar-refractivity contribution in [2.75, 3.05) is 0 Å². The van der Waals surface area contributed by atoms with Gasteiger partial charge in [-0.3, -0.25) is 4.79 Å². The molecule has 0 unspecified atom stereocenters. The molecule has 0 spiro atoms. The van der Waals surface area contributed by atoms with Gasteiger partial charge in [-0.2, -0.15) is 0 Å². The maximum absolute atomic E-state index is 12.9. The molecule has 0 aliphatic rings. The van der Waals surface area contributed by atoms with Crippen molar-refractivity contribution in [3.8, 4) is 5.75 Å². The summed E-state index contributed by atoms with van der Waals surface area (Å²) < 4.78 is 25.7. The zero-order valence-corrected chi connectivity index (χ0v) is 15.3. The largest absolute Gasteiger partial charge is 0.486 e. The van der Waals surface area contributed by atoms with E-state index in [4.69, 9.17) is 20.8 Å². The minimum Gasteiger partial charge on any atom is -0.486 e. The number of rotatable bonds is 6. The Kier molecular flexibility index (Phi) is 4.99. The lowest BCUT2D eigenvalue weighted by molar-refractivity contribution is 0.0918. The number of hydrogen-bond acceptors (Lipinski definition) is 4. The average molecular weight is 400 g/mol. The normalized spacial score (nSPS) is 10.9. The number of halogens is 2. The van der Waals surface area contributed by atoms with E-state index in [9.17, 15) is 9.18 Å². The maximum Gasteiger partial charge on any atom is 0.287 e. The Labute approximate surface area is 164 Å². The molecule has 0 radical (unpaired) electrons. The third-order valence-corrected chi connectivity index (χ3v) is 4.20. The minimum absolute atomic E-state index is 0.131. The summed E-state index contributed by atoms with van der Waals surface area (Å²) >= 11 is 5.95. The lowest BCUT2D eigenvalue weighted by atomic mass is 10.3. The lowest BCUT2D eigenvalue weighted by Crippen LogP contribution is -2.22. The number of amides is 1. The second kappa shape index (κ2) is 7.74. The molecule has 0 bridgehead atoms. The van der Waals surface area contributed by atoms with Gasteiger partial charge in [0.1, 0.15) is 29.6 Å². The van der Waals surface area contributed by atoms with Crippen LogP contribution in [0, 0.1) is 5.82 Å². The number of nitrogens with zero attached hydrogens (tertiary/aromatic N) is 2. The van der Waals surface area contributed by atoms with Gasteiger partial charge in [0.2, 0.25) is 0 Å². The third-order valence-electron chi connectivity index (χ3n) is 3.98. The molecule has 1 amide bonds. The summed E-state index contributed by atoms with van der Waals surface area (Å²) in [6, 6.07) is 12.4. The van der Waals surface area contributed by atoms with Gasteiger partial charge in [-0.1, -0.05) is 11.6 Å². The number of imidazole rings is 1. The molecule has 8 heteroatoms. The Hall–Kier alpha value is -3.32.